The van der Waals surface area contributed by atoms with Crippen LogP contribution in [-0.4, -0.2) is 119 Å². The Morgan fingerprint density at radius 3 is 1.73 bits per heavy atom. The standard InChI is InChI=1S/C47H67N7O9/c1-31(2)26-36(50-40(56)37(27-32-14-8-6-9-15-32)51-41(57)38(52-44(60)61)28-33-16-10-7-11-17-33)39(55)49-35(18-12-13-23-48-45(62)63-46(3,4)5)43(59)53-24-21-47(22-25-53)29-54(30-47)42(58)34-19-20-34/h6-11,14-17,31,34-38,52H,12-13,18-30H2,1-5H3,(H,48,62)(H,49,55)(H,50,56)(H,51,57)(H,60,61). The molecule has 1 saturated carbocycles. The van der Waals surface area contributed by atoms with E-state index in [0.717, 1.165) is 31.2 Å². The summed E-state index contributed by atoms with van der Waals surface area (Å²) >= 11 is 0. The van der Waals surface area contributed by atoms with Gasteiger partial charge in [0.25, 0.3) is 0 Å². The molecule has 0 bridgehead atoms. The number of piperidine rings is 1. The number of amides is 7. The molecule has 2 saturated heterocycles. The zero-order valence-electron chi connectivity index (χ0n) is 37.5. The minimum atomic E-state index is -1.40. The maximum Gasteiger partial charge on any atom is 0.407 e. The van der Waals surface area contributed by atoms with Crippen LogP contribution in [0.25, 0.3) is 0 Å². The molecule has 6 N–H and O–H groups in total. The number of likely N-dealkylation sites (tertiary alicyclic amines) is 2. The lowest BCUT2D eigenvalue weighted by Gasteiger charge is -2.54. The van der Waals surface area contributed by atoms with Crippen molar-refractivity contribution in [1.82, 2.24) is 36.4 Å². The van der Waals surface area contributed by atoms with Crippen molar-refractivity contribution in [1.29, 1.82) is 0 Å². The molecule has 1 spiro atoms. The highest BCUT2D eigenvalue weighted by molar-refractivity contribution is 5.95. The smallest absolute Gasteiger partial charge is 0.407 e. The lowest BCUT2D eigenvalue weighted by Crippen LogP contribution is -2.63. The molecule has 2 aromatic rings. The Balaban J connectivity index is 1.28. The third-order valence-electron chi connectivity index (χ3n) is 11.8. The van der Waals surface area contributed by atoms with Crippen LogP contribution in [0.2, 0.25) is 0 Å². The molecular formula is C47H67N7O9. The average Bonchev–Trinajstić information content (AvgIpc) is 4.07. The van der Waals surface area contributed by atoms with E-state index in [1.54, 1.807) is 74.2 Å². The highest BCUT2D eigenvalue weighted by Gasteiger charge is 2.50. The van der Waals surface area contributed by atoms with E-state index in [4.69, 9.17) is 4.74 Å². The molecule has 2 heterocycles. The van der Waals surface area contributed by atoms with Gasteiger partial charge in [-0.25, -0.2) is 9.59 Å². The molecule has 1 aliphatic carbocycles. The molecule has 3 aliphatic rings. The number of nitrogens with one attached hydrogen (secondary N) is 5. The van der Waals surface area contributed by atoms with Gasteiger partial charge in [0, 0.05) is 56.9 Å². The minimum absolute atomic E-state index is 0.00297. The van der Waals surface area contributed by atoms with Crippen LogP contribution in [0.5, 0.6) is 0 Å². The van der Waals surface area contributed by atoms with Crippen LogP contribution in [0.3, 0.4) is 0 Å². The topological polar surface area (TPSA) is 216 Å². The molecule has 5 rings (SSSR count). The van der Waals surface area contributed by atoms with E-state index >= 15 is 0 Å². The van der Waals surface area contributed by atoms with Crippen molar-refractivity contribution >= 4 is 41.7 Å². The van der Waals surface area contributed by atoms with Gasteiger partial charge in [0.05, 0.1) is 0 Å². The van der Waals surface area contributed by atoms with Crippen LogP contribution in [0.4, 0.5) is 9.59 Å². The van der Waals surface area contributed by atoms with Gasteiger partial charge < -0.3 is 46.2 Å². The molecule has 7 amide bonds. The number of hydrogen-bond acceptors (Lipinski definition) is 8. The van der Waals surface area contributed by atoms with Crippen molar-refractivity contribution < 1.29 is 43.4 Å². The molecule has 16 heteroatoms. The molecule has 0 radical (unpaired) electrons. The van der Waals surface area contributed by atoms with Crippen LogP contribution in [0, 0.1) is 17.3 Å². The number of benzene rings is 2. The molecule has 2 aliphatic heterocycles. The highest BCUT2D eigenvalue weighted by atomic mass is 16.6. The Kier molecular flexibility index (Phi) is 17.0. The summed E-state index contributed by atoms with van der Waals surface area (Å²) in [5.74, 6) is -1.79. The molecule has 63 heavy (non-hydrogen) atoms. The second-order valence-corrected chi connectivity index (χ2v) is 18.9. The minimum Gasteiger partial charge on any atom is -0.465 e. The van der Waals surface area contributed by atoms with Crippen molar-refractivity contribution in [3.63, 3.8) is 0 Å². The van der Waals surface area contributed by atoms with Crippen molar-refractivity contribution in [2.24, 2.45) is 17.3 Å². The third-order valence-corrected chi connectivity index (χ3v) is 11.8. The number of carbonyl (C=O) groups excluding carboxylic acids is 6. The fraction of sp³-hybridized carbons (Fsp3) is 0.596. The first-order chi connectivity index (χ1) is 29.9. The van der Waals surface area contributed by atoms with Gasteiger partial charge in [-0.3, -0.25) is 24.0 Å². The van der Waals surface area contributed by atoms with Crippen molar-refractivity contribution in [3.8, 4) is 0 Å². The van der Waals surface area contributed by atoms with Gasteiger partial charge >= 0.3 is 12.2 Å². The van der Waals surface area contributed by atoms with Crippen molar-refractivity contribution in [2.45, 2.75) is 129 Å². The maximum absolute atomic E-state index is 14.3. The molecule has 4 atom stereocenters. The number of ether oxygens (including phenoxy) is 1. The lowest BCUT2D eigenvalue weighted by atomic mass is 9.71. The molecule has 4 unspecified atom stereocenters. The van der Waals surface area contributed by atoms with Gasteiger partial charge in [0.1, 0.15) is 29.8 Å². The second kappa shape index (κ2) is 22.1. The number of carboxylic acid groups (broad SMARTS) is 1. The third kappa shape index (κ3) is 15.3. The predicted molar refractivity (Wildman–Crippen MR) is 236 cm³/mol. The number of hydrogen-bond donors (Lipinski definition) is 6. The average molecular weight is 874 g/mol. The van der Waals surface area contributed by atoms with E-state index in [1.807, 2.05) is 30.9 Å². The summed E-state index contributed by atoms with van der Waals surface area (Å²) in [5, 5.41) is 23.2. The molecule has 3 fully saturated rings. The Morgan fingerprint density at radius 2 is 1.22 bits per heavy atom. The van der Waals surface area contributed by atoms with E-state index in [1.165, 1.54) is 0 Å². The zero-order chi connectivity index (χ0) is 45.7. The number of rotatable bonds is 20. The highest BCUT2D eigenvalue weighted by Crippen LogP contribution is 2.43. The summed E-state index contributed by atoms with van der Waals surface area (Å²) in [4.78, 5) is 97.0. The van der Waals surface area contributed by atoms with Gasteiger partial charge in [-0.2, -0.15) is 0 Å². The zero-order valence-corrected chi connectivity index (χ0v) is 37.5. The van der Waals surface area contributed by atoms with Crippen molar-refractivity contribution in [2.75, 3.05) is 32.7 Å². The van der Waals surface area contributed by atoms with Gasteiger partial charge in [-0.1, -0.05) is 74.5 Å². The summed E-state index contributed by atoms with van der Waals surface area (Å²) < 4.78 is 5.34. The first kappa shape index (κ1) is 48.4. The van der Waals surface area contributed by atoms with E-state index < -0.39 is 59.7 Å². The Labute approximate surface area is 371 Å². The Hall–Kier alpha value is -5.67. The molecule has 2 aromatic carbocycles. The van der Waals surface area contributed by atoms with Crippen LogP contribution in [0.1, 0.15) is 97.1 Å². The van der Waals surface area contributed by atoms with Gasteiger partial charge in [0.2, 0.25) is 29.5 Å². The predicted octanol–water partition coefficient (Wildman–Crippen LogP) is 4.16. The molecule has 0 aromatic heterocycles. The molecule has 16 nitrogen and oxygen atoms in total. The van der Waals surface area contributed by atoms with E-state index in [2.05, 4.69) is 26.6 Å². The summed E-state index contributed by atoms with van der Waals surface area (Å²) in [6.07, 6.45) is 3.09. The number of nitrogens with zero attached hydrogens (tertiary/aromatic N) is 2. The Bertz CT molecular complexity index is 1880. The SMILES string of the molecule is CC(C)CC(NC(=O)C(Cc1ccccc1)NC(=O)C(Cc1ccccc1)NC(=O)O)C(=O)NC(CCCCNC(=O)OC(C)(C)C)C(=O)N1CCC2(CC1)CN(C(=O)C1CC1)C2. The summed E-state index contributed by atoms with van der Waals surface area (Å²) in [6, 6.07) is 13.5. The van der Waals surface area contributed by atoms with Gasteiger partial charge in [0.15, 0.2) is 0 Å². The summed E-state index contributed by atoms with van der Waals surface area (Å²) in [6.45, 7) is 11.9. The van der Waals surface area contributed by atoms with Gasteiger partial charge in [-0.15, -0.1) is 0 Å². The fourth-order valence-corrected chi connectivity index (χ4v) is 8.27. The van der Waals surface area contributed by atoms with E-state index in [-0.39, 0.29) is 54.7 Å². The fourth-order valence-electron chi connectivity index (χ4n) is 8.27. The maximum atomic E-state index is 14.3. The summed E-state index contributed by atoms with van der Waals surface area (Å²) in [5.41, 5.74) is 0.789. The van der Waals surface area contributed by atoms with E-state index in [0.29, 0.717) is 51.1 Å². The first-order valence-corrected chi connectivity index (χ1v) is 22.4. The largest absolute Gasteiger partial charge is 0.465 e. The number of alkyl carbamates (subject to hydrolysis) is 1. The quantitative estimate of drug-likeness (QED) is 0.105. The van der Waals surface area contributed by atoms with Crippen LogP contribution < -0.4 is 26.6 Å². The van der Waals surface area contributed by atoms with Crippen LogP contribution in [0.15, 0.2) is 60.7 Å². The molecule has 344 valence electrons. The second-order valence-electron chi connectivity index (χ2n) is 18.9. The normalized spacial score (nSPS) is 17.6. The van der Waals surface area contributed by atoms with Crippen molar-refractivity contribution in [3.05, 3.63) is 71.8 Å². The number of unbranched alkanes of at least 4 members (excludes halogenated alkanes) is 1. The van der Waals surface area contributed by atoms with Crippen LogP contribution in [-0.2, 0) is 41.6 Å². The van der Waals surface area contributed by atoms with Gasteiger partial charge in [-0.05, 0) is 89.2 Å². The van der Waals surface area contributed by atoms with E-state index in [9.17, 15) is 38.7 Å². The number of carbonyl (C=O) groups is 7. The molecular weight excluding hydrogens is 807 g/mol. The van der Waals surface area contributed by atoms with Crippen LogP contribution >= 0.6 is 0 Å². The Morgan fingerprint density at radius 1 is 0.714 bits per heavy atom. The lowest BCUT2D eigenvalue weighted by molar-refractivity contribution is -0.152. The monoisotopic (exact) mass is 874 g/mol. The summed E-state index contributed by atoms with van der Waals surface area (Å²) in [7, 11) is 0. The first-order valence-electron chi connectivity index (χ1n) is 22.4.